The number of aliphatic hydroxyl groups excluding tert-OH is 1. The highest BCUT2D eigenvalue weighted by Gasteiger charge is 2.22. The molecule has 5 heteroatoms. The molecule has 0 aromatic heterocycles. The first-order chi connectivity index (χ1) is 15.5. The number of esters is 2. The highest BCUT2D eigenvalue weighted by atomic mass is 16.6. The van der Waals surface area contributed by atoms with Crippen molar-refractivity contribution in [3.63, 3.8) is 0 Å². The molecule has 5 nitrogen and oxygen atoms in total. The summed E-state index contributed by atoms with van der Waals surface area (Å²) in [5.41, 5.74) is 0. The zero-order valence-electron chi connectivity index (χ0n) is 21.4. The number of unbranched alkanes of at least 4 members (excludes halogenated alkanes) is 13. The van der Waals surface area contributed by atoms with Gasteiger partial charge in [0.2, 0.25) is 0 Å². The lowest BCUT2D eigenvalue weighted by molar-refractivity contribution is -0.156. The predicted octanol–water partition coefficient (Wildman–Crippen LogP) is 7.27. The second kappa shape index (κ2) is 23.1. The largest absolute Gasteiger partial charge is 0.469 e. The summed E-state index contributed by atoms with van der Waals surface area (Å²) in [5.74, 6) is -0.309. The van der Waals surface area contributed by atoms with Crippen LogP contribution in [0.3, 0.4) is 0 Å². The van der Waals surface area contributed by atoms with Crippen molar-refractivity contribution in [3.05, 3.63) is 0 Å². The van der Waals surface area contributed by atoms with Crippen LogP contribution in [0, 0.1) is 0 Å². The normalized spacial score (nSPS) is 13.0. The van der Waals surface area contributed by atoms with Crippen LogP contribution < -0.4 is 0 Å². The number of ether oxygens (including phenoxy) is 2. The molecular weight excluding hydrogens is 404 g/mol. The molecular formula is C27H52O5. The molecule has 0 heterocycles. The van der Waals surface area contributed by atoms with Gasteiger partial charge < -0.3 is 14.6 Å². The Hall–Kier alpha value is -1.10. The van der Waals surface area contributed by atoms with Gasteiger partial charge in [-0.1, -0.05) is 97.3 Å². The summed E-state index contributed by atoms with van der Waals surface area (Å²) in [6.45, 7) is 4.40. The Morgan fingerprint density at radius 3 is 1.59 bits per heavy atom. The lowest BCUT2D eigenvalue weighted by atomic mass is 9.99. The zero-order chi connectivity index (χ0) is 23.9. The number of carbonyl (C=O) groups excluding carboxylic acids is 2. The molecule has 0 spiro atoms. The van der Waals surface area contributed by atoms with Crippen LogP contribution in [0.15, 0.2) is 0 Å². The van der Waals surface area contributed by atoms with Crippen molar-refractivity contribution in [2.75, 3.05) is 7.11 Å². The van der Waals surface area contributed by atoms with E-state index in [1.54, 1.807) is 0 Å². The van der Waals surface area contributed by atoms with Gasteiger partial charge in [-0.3, -0.25) is 9.59 Å². The Kier molecular flexibility index (Phi) is 22.3. The van der Waals surface area contributed by atoms with E-state index < -0.39 is 6.10 Å². The number of methoxy groups -OCH3 is 1. The summed E-state index contributed by atoms with van der Waals surface area (Å²) in [6.07, 6.45) is 18.9. The molecule has 0 aliphatic heterocycles. The van der Waals surface area contributed by atoms with Crippen molar-refractivity contribution in [2.24, 2.45) is 0 Å². The Labute approximate surface area is 198 Å². The molecule has 1 N–H and O–H groups in total. The van der Waals surface area contributed by atoms with E-state index in [9.17, 15) is 14.7 Å². The number of carbonyl (C=O) groups is 2. The van der Waals surface area contributed by atoms with E-state index in [1.807, 2.05) is 0 Å². The summed E-state index contributed by atoms with van der Waals surface area (Å²) in [4.78, 5) is 23.5. The smallest absolute Gasteiger partial charge is 0.306 e. The zero-order valence-corrected chi connectivity index (χ0v) is 21.4. The molecule has 0 bridgehead atoms. The molecule has 0 amide bonds. The monoisotopic (exact) mass is 456 g/mol. The van der Waals surface area contributed by atoms with Gasteiger partial charge in [0.25, 0.3) is 0 Å². The van der Waals surface area contributed by atoms with Crippen molar-refractivity contribution in [3.8, 4) is 0 Å². The summed E-state index contributed by atoms with van der Waals surface area (Å²) in [5, 5.41) is 10.7. The molecule has 2 atom stereocenters. The maximum absolute atomic E-state index is 12.3. The third-order valence-corrected chi connectivity index (χ3v) is 6.15. The number of rotatable bonds is 23. The van der Waals surface area contributed by atoms with E-state index in [0.717, 1.165) is 64.2 Å². The van der Waals surface area contributed by atoms with Gasteiger partial charge in [-0.25, -0.2) is 0 Å². The lowest BCUT2D eigenvalue weighted by Gasteiger charge is -2.23. The SMILES string of the molecule is CCCCCCCCC(O)C(CCCCCCCC(=O)OC)OC(=O)CCCCCCC. The third kappa shape index (κ3) is 19.6. The van der Waals surface area contributed by atoms with Crippen molar-refractivity contribution in [1.82, 2.24) is 0 Å². The standard InChI is InChI=1S/C27H52O5/c1-4-6-8-10-13-16-20-24(28)25(32-27(30)23-19-12-9-7-5-2)21-17-14-11-15-18-22-26(29)31-3/h24-25,28H,4-23H2,1-3H3. The van der Waals surface area contributed by atoms with E-state index in [2.05, 4.69) is 18.6 Å². The second-order valence-electron chi connectivity index (χ2n) is 9.20. The molecule has 0 aliphatic carbocycles. The van der Waals surface area contributed by atoms with Crippen LogP contribution >= 0.6 is 0 Å². The molecule has 0 aromatic rings. The number of hydrogen-bond acceptors (Lipinski definition) is 5. The van der Waals surface area contributed by atoms with E-state index >= 15 is 0 Å². The molecule has 190 valence electrons. The van der Waals surface area contributed by atoms with Crippen molar-refractivity contribution >= 4 is 11.9 Å². The van der Waals surface area contributed by atoms with E-state index in [0.29, 0.717) is 19.3 Å². The maximum atomic E-state index is 12.3. The van der Waals surface area contributed by atoms with E-state index in [-0.39, 0.29) is 18.0 Å². The van der Waals surface area contributed by atoms with E-state index in [4.69, 9.17) is 4.74 Å². The van der Waals surface area contributed by atoms with Gasteiger partial charge in [-0.2, -0.15) is 0 Å². The first-order valence-electron chi connectivity index (χ1n) is 13.5. The first kappa shape index (κ1) is 30.9. The van der Waals surface area contributed by atoms with Crippen LogP contribution in [0.25, 0.3) is 0 Å². The minimum Gasteiger partial charge on any atom is -0.469 e. The van der Waals surface area contributed by atoms with E-state index in [1.165, 1.54) is 52.1 Å². The number of aliphatic hydroxyl groups is 1. The maximum Gasteiger partial charge on any atom is 0.306 e. The Bertz CT molecular complexity index is 438. The molecule has 0 fully saturated rings. The molecule has 32 heavy (non-hydrogen) atoms. The van der Waals surface area contributed by atoms with Crippen LogP contribution in [-0.4, -0.2) is 36.4 Å². The Morgan fingerprint density at radius 1 is 0.625 bits per heavy atom. The molecule has 0 radical (unpaired) electrons. The molecule has 0 aromatic carbocycles. The summed E-state index contributed by atoms with van der Waals surface area (Å²) < 4.78 is 10.4. The molecule has 0 saturated heterocycles. The fraction of sp³-hybridized carbons (Fsp3) is 0.926. The van der Waals surface area contributed by atoms with Crippen molar-refractivity contribution in [2.45, 2.75) is 154 Å². The average Bonchev–Trinajstić information content (AvgIpc) is 2.79. The van der Waals surface area contributed by atoms with Crippen molar-refractivity contribution in [1.29, 1.82) is 0 Å². The molecule has 0 aliphatic rings. The second-order valence-corrected chi connectivity index (χ2v) is 9.20. The molecule has 0 rings (SSSR count). The van der Waals surface area contributed by atoms with Crippen LogP contribution in [-0.2, 0) is 19.1 Å². The fourth-order valence-corrected chi connectivity index (χ4v) is 4.00. The van der Waals surface area contributed by atoms with Gasteiger partial charge in [0.05, 0.1) is 13.2 Å². The fourth-order valence-electron chi connectivity index (χ4n) is 4.00. The van der Waals surface area contributed by atoms with Crippen LogP contribution in [0.5, 0.6) is 0 Å². The van der Waals surface area contributed by atoms with Crippen LogP contribution in [0.1, 0.15) is 142 Å². The third-order valence-electron chi connectivity index (χ3n) is 6.15. The molecule has 0 saturated carbocycles. The average molecular weight is 457 g/mol. The van der Waals surface area contributed by atoms with Gasteiger partial charge in [0, 0.05) is 12.8 Å². The highest BCUT2D eigenvalue weighted by molar-refractivity contribution is 5.69. The van der Waals surface area contributed by atoms with Crippen LogP contribution in [0.2, 0.25) is 0 Å². The minimum atomic E-state index is -0.565. The molecule has 2 unspecified atom stereocenters. The van der Waals surface area contributed by atoms with Gasteiger partial charge in [-0.15, -0.1) is 0 Å². The lowest BCUT2D eigenvalue weighted by Crippen LogP contribution is -2.31. The predicted molar refractivity (Wildman–Crippen MR) is 132 cm³/mol. The van der Waals surface area contributed by atoms with Crippen LogP contribution in [0.4, 0.5) is 0 Å². The van der Waals surface area contributed by atoms with Gasteiger partial charge >= 0.3 is 11.9 Å². The summed E-state index contributed by atoms with van der Waals surface area (Å²) >= 11 is 0. The summed E-state index contributed by atoms with van der Waals surface area (Å²) in [6, 6.07) is 0. The quantitative estimate of drug-likeness (QED) is 0.129. The topological polar surface area (TPSA) is 72.8 Å². The first-order valence-corrected chi connectivity index (χ1v) is 13.5. The van der Waals surface area contributed by atoms with Gasteiger partial charge in [0.1, 0.15) is 6.10 Å². The highest BCUT2D eigenvalue weighted by Crippen LogP contribution is 2.19. The summed E-state index contributed by atoms with van der Waals surface area (Å²) in [7, 11) is 1.42. The Morgan fingerprint density at radius 2 is 1.06 bits per heavy atom. The minimum absolute atomic E-state index is 0.149. The number of hydrogen-bond donors (Lipinski definition) is 1. The van der Waals surface area contributed by atoms with Gasteiger partial charge in [-0.05, 0) is 32.1 Å². The van der Waals surface area contributed by atoms with Crippen molar-refractivity contribution < 1.29 is 24.2 Å². The van der Waals surface area contributed by atoms with Gasteiger partial charge in [0.15, 0.2) is 0 Å². The Balaban J connectivity index is 4.27.